The first-order chi connectivity index (χ1) is 8.58. The molecule has 6 nitrogen and oxygen atoms in total. The maximum atomic E-state index is 5.73. The summed E-state index contributed by atoms with van der Waals surface area (Å²) in [6, 6.07) is 1.77. The fraction of sp³-hybridized carbons (Fsp3) is 0.667. The highest BCUT2D eigenvalue weighted by molar-refractivity contribution is 5.34. The fourth-order valence-electron chi connectivity index (χ4n) is 1.64. The summed E-state index contributed by atoms with van der Waals surface area (Å²) in [4.78, 5) is 8.43. The third kappa shape index (κ3) is 4.37. The molecular formula is C12H22N4O2. The molecule has 0 bridgehead atoms. The molecule has 0 saturated carbocycles. The molecule has 1 aromatic heterocycles. The molecule has 0 saturated heterocycles. The average Bonchev–Trinajstić information content (AvgIpc) is 2.36. The van der Waals surface area contributed by atoms with Crippen molar-refractivity contribution >= 4 is 5.95 Å². The topological polar surface area (TPSA) is 82.3 Å². The van der Waals surface area contributed by atoms with E-state index in [1.54, 1.807) is 20.3 Å². The normalized spacial score (nSPS) is 12.3. The van der Waals surface area contributed by atoms with Crippen molar-refractivity contribution in [3.8, 4) is 11.8 Å². The number of ether oxygens (including phenoxy) is 2. The zero-order chi connectivity index (χ0) is 13.5. The van der Waals surface area contributed by atoms with Crippen LogP contribution in [0.3, 0.4) is 0 Å². The van der Waals surface area contributed by atoms with E-state index in [0.29, 0.717) is 30.2 Å². The highest BCUT2D eigenvalue weighted by Gasteiger charge is 2.12. The van der Waals surface area contributed by atoms with E-state index >= 15 is 0 Å². The van der Waals surface area contributed by atoms with Crippen LogP contribution in [0.2, 0.25) is 0 Å². The van der Waals surface area contributed by atoms with Gasteiger partial charge in [0.15, 0.2) is 0 Å². The Bertz CT molecular complexity index is 349. The quantitative estimate of drug-likeness (QED) is 0.762. The second-order valence-electron chi connectivity index (χ2n) is 4.48. The van der Waals surface area contributed by atoms with Crippen molar-refractivity contribution in [1.82, 2.24) is 9.97 Å². The molecule has 1 heterocycles. The maximum absolute atomic E-state index is 5.73. The van der Waals surface area contributed by atoms with E-state index in [2.05, 4.69) is 29.1 Å². The van der Waals surface area contributed by atoms with Gasteiger partial charge >= 0.3 is 0 Å². The molecule has 0 aliphatic carbocycles. The number of rotatable bonds is 7. The van der Waals surface area contributed by atoms with E-state index in [4.69, 9.17) is 15.2 Å². The Morgan fingerprint density at radius 3 is 2.17 bits per heavy atom. The zero-order valence-corrected chi connectivity index (χ0v) is 11.4. The van der Waals surface area contributed by atoms with Gasteiger partial charge in [-0.05, 0) is 12.3 Å². The lowest BCUT2D eigenvalue weighted by Crippen LogP contribution is -2.31. The molecule has 6 heteroatoms. The van der Waals surface area contributed by atoms with Gasteiger partial charge in [0.05, 0.1) is 20.3 Å². The van der Waals surface area contributed by atoms with Crippen LogP contribution in [-0.4, -0.2) is 36.8 Å². The zero-order valence-electron chi connectivity index (χ0n) is 11.4. The van der Waals surface area contributed by atoms with Crippen LogP contribution in [0.5, 0.6) is 11.8 Å². The Kier molecular flexibility index (Phi) is 5.64. The molecule has 0 aliphatic rings. The lowest BCUT2D eigenvalue weighted by Gasteiger charge is -2.19. The molecule has 0 aromatic carbocycles. The minimum atomic E-state index is 0.141. The minimum absolute atomic E-state index is 0.141. The first kappa shape index (κ1) is 14.5. The standard InChI is InChI=1S/C12H22N4O2/c1-8(2)5-9(7-13)14-12-15-10(17-3)6-11(16-12)18-4/h6,8-9H,5,7,13H2,1-4H3,(H,14,15,16). The van der Waals surface area contributed by atoms with Crippen LogP contribution >= 0.6 is 0 Å². The summed E-state index contributed by atoms with van der Waals surface area (Å²) in [6.45, 7) is 4.83. The fourth-order valence-corrected chi connectivity index (χ4v) is 1.64. The largest absolute Gasteiger partial charge is 0.481 e. The van der Waals surface area contributed by atoms with Crippen molar-refractivity contribution in [2.45, 2.75) is 26.3 Å². The van der Waals surface area contributed by atoms with E-state index in [0.717, 1.165) is 6.42 Å². The van der Waals surface area contributed by atoms with E-state index < -0.39 is 0 Å². The van der Waals surface area contributed by atoms with Gasteiger partial charge in [-0.3, -0.25) is 0 Å². The van der Waals surface area contributed by atoms with Crippen molar-refractivity contribution in [2.75, 3.05) is 26.1 Å². The number of nitrogens with two attached hydrogens (primary N) is 1. The Balaban J connectivity index is 2.81. The second-order valence-corrected chi connectivity index (χ2v) is 4.48. The summed E-state index contributed by atoms with van der Waals surface area (Å²) in [5.41, 5.74) is 5.73. The molecule has 3 N–H and O–H groups in total. The number of anilines is 1. The van der Waals surface area contributed by atoms with E-state index in [1.165, 1.54) is 0 Å². The van der Waals surface area contributed by atoms with Crippen LogP contribution in [0.1, 0.15) is 20.3 Å². The Morgan fingerprint density at radius 2 is 1.78 bits per heavy atom. The predicted molar refractivity (Wildman–Crippen MR) is 71.1 cm³/mol. The molecule has 0 fully saturated rings. The van der Waals surface area contributed by atoms with E-state index in [9.17, 15) is 0 Å². The molecule has 1 atom stereocenters. The number of hydrogen-bond acceptors (Lipinski definition) is 6. The van der Waals surface area contributed by atoms with Crippen LogP contribution in [0.4, 0.5) is 5.95 Å². The number of hydrogen-bond donors (Lipinski definition) is 2. The molecule has 1 rings (SSSR count). The number of methoxy groups -OCH3 is 2. The summed E-state index contributed by atoms with van der Waals surface area (Å²) in [5.74, 6) is 1.95. The molecule has 18 heavy (non-hydrogen) atoms. The lowest BCUT2D eigenvalue weighted by atomic mass is 10.0. The van der Waals surface area contributed by atoms with Crippen molar-refractivity contribution in [3.63, 3.8) is 0 Å². The smallest absolute Gasteiger partial charge is 0.229 e. The summed E-state index contributed by atoms with van der Waals surface area (Å²) in [5, 5.41) is 3.20. The number of nitrogens with one attached hydrogen (secondary N) is 1. The van der Waals surface area contributed by atoms with Gasteiger partial charge < -0.3 is 20.5 Å². The maximum Gasteiger partial charge on any atom is 0.229 e. The van der Waals surface area contributed by atoms with Gasteiger partial charge in [-0.15, -0.1) is 0 Å². The van der Waals surface area contributed by atoms with Gasteiger partial charge in [-0.25, -0.2) is 0 Å². The van der Waals surface area contributed by atoms with E-state index in [1.807, 2.05) is 0 Å². The van der Waals surface area contributed by atoms with Crippen molar-refractivity contribution in [3.05, 3.63) is 6.07 Å². The van der Waals surface area contributed by atoms with Gasteiger partial charge in [0.2, 0.25) is 17.7 Å². The summed E-state index contributed by atoms with van der Waals surface area (Å²) in [6.07, 6.45) is 0.958. The molecule has 102 valence electrons. The van der Waals surface area contributed by atoms with Crippen LogP contribution in [-0.2, 0) is 0 Å². The summed E-state index contributed by atoms with van der Waals surface area (Å²) in [7, 11) is 3.11. The SMILES string of the molecule is COc1cc(OC)nc(NC(CN)CC(C)C)n1. The van der Waals surface area contributed by atoms with Crippen molar-refractivity contribution < 1.29 is 9.47 Å². The number of aromatic nitrogens is 2. The molecular weight excluding hydrogens is 232 g/mol. The first-order valence-corrected chi connectivity index (χ1v) is 6.02. The summed E-state index contributed by atoms with van der Waals surface area (Å²) < 4.78 is 10.2. The average molecular weight is 254 g/mol. The minimum Gasteiger partial charge on any atom is -0.481 e. The molecule has 1 unspecified atom stereocenters. The molecule has 0 aliphatic heterocycles. The van der Waals surface area contributed by atoms with Gasteiger partial charge in [0.1, 0.15) is 0 Å². The first-order valence-electron chi connectivity index (χ1n) is 6.02. The van der Waals surface area contributed by atoms with Crippen LogP contribution in [0.15, 0.2) is 6.07 Å². The van der Waals surface area contributed by atoms with Crippen LogP contribution in [0, 0.1) is 5.92 Å². The summed E-state index contributed by atoms with van der Waals surface area (Å²) >= 11 is 0. The molecule has 0 spiro atoms. The van der Waals surface area contributed by atoms with Gasteiger partial charge in [0, 0.05) is 12.6 Å². The van der Waals surface area contributed by atoms with Crippen molar-refractivity contribution in [2.24, 2.45) is 11.7 Å². The Hall–Kier alpha value is -1.56. The second kappa shape index (κ2) is 7.00. The van der Waals surface area contributed by atoms with Gasteiger partial charge in [0.25, 0.3) is 0 Å². The third-order valence-corrected chi connectivity index (χ3v) is 2.47. The molecule has 1 aromatic rings. The van der Waals surface area contributed by atoms with E-state index in [-0.39, 0.29) is 6.04 Å². The predicted octanol–water partition coefficient (Wildman–Crippen LogP) is 1.28. The van der Waals surface area contributed by atoms with Gasteiger partial charge in [-0.1, -0.05) is 13.8 Å². The highest BCUT2D eigenvalue weighted by Crippen LogP contribution is 2.18. The molecule has 0 amide bonds. The molecule has 0 radical (unpaired) electrons. The monoisotopic (exact) mass is 254 g/mol. The highest BCUT2D eigenvalue weighted by atomic mass is 16.5. The lowest BCUT2D eigenvalue weighted by molar-refractivity contribution is 0.372. The third-order valence-electron chi connectivity index (χ3n) is 2.47. The van der Waals surface area contributed by atoms with Gasteiger partial charge in [-0.2, -0.15) is 9.97 Å². The van der Waals surface area contributed by atoms with Crippen molar-refractivity contribution in [1.29, 1.82) is 0 Å². The van der Waals surface area contributed by atoms with Crippen LogP contribution in [0.25, 0.3) is 0 Å². The Labute approximate surface area is 108 Å². The van der Waals surface area contributed by atoms with Crippen LogP contribution < -0.4 is 20.5 Å². The Morgan fingerprint density at radius 1 is 1.22 bits per heavy atom. The number of nitrogens with zero attached hydrogens (tertiary/aromatic N) is 2.